The second-order valence-corrected chi connectivity index (χ2v) is 8.16. The average Bonchev–Trinajstić information content (AvgIpc) is 2.91. The van der Waals surface area contributed by atoms with Crippen LogP contribution in [0.2, 0.25) is 0 Å². The maximum absolute atomic E-state index is 6.19. The van der Waals surface area contributed by atoms with E-state index in [-0.39, 0.29) is 5.41 Å². The van der Waals surface area contributed by atoms with E-state index in [0.29, 0.717) is 0 Å². The van der Waals surface area contributed by atoms with Crippen LogP contribution in [0.25, 0.3) is 21.9 Å². The molecule has 4 aromatic rings. The van der Waals surface area contributed by atoms with E-state index < -0.39 is 0 Å². The van der Waals surface area contributed by atoms with E-state index in [1.165, 1.54) is 27.5 Å². The minimum absolute atomic E-state index is 0.280. The van der Waals surface area contributed by atoms with Gasteiger partial charge in [0, 0.05) is 10.8 Å². The van der Waals surface area contributed by atoms with Crippen LogP contribution in [0.15, 0.2) is 71.1 Å². The molecular weight excluding hydrogens is 304 g/mol. The summed E-state index contributed by atoms with van der Waals surface area (Å²) < 4.78 is 6.19. The fourth-order valence-corrected chi connectivity index (χ4v) is 3.53. The molecule has 25 heavy (non-hydrogen) atoms. The molecule has 4 rings (SSSR count). The quantitative estimate of drug-likeness (QED) is 0.404. The molecule has 3 aromatic carbocycles. The third-order valence-corrected chi connectivity index (χ3v) is 4.59. The van der Waals surface area contributed by atoms with Crippen LogP contribution in [0.1, 0.15) is 37.5 Å². The standard InChI is InChI=1S/C24H24O/c1-24(2,3)16-19-10-12-21-20-11-9-18(13-17-7-5-4-6-8-17)14-22(20)25-23(21)15-19/h4-12,14-15H,13,16H2,1-3H3. The van der Waals surface area contributed by atoms with Crippen LogP contribution < -0.4 is 0 Å². The molecule has 0 N–H and O–H groups in total. The minimum Gasteiger partial charge on any atom is -0.456 e. The predicted octanol–water partition coefficient (Wildman–Crippen LogP) is 6.77. The van der Waals surface area contributed by atoms with Gasteiger partial charge in [0.25, 0.3) is 0 Å². The van der Waals surface area contributed by atoms with Crippen molar-refractivity contribution >= 4 is 21.9 Å². The van der Waals surface area contributed by atoms with Gasteiger partial charge < -0.3 is 4.42 Å². The van der Waals surface area contributed by atoms with Crippen molar-refractivity contribution in [3.63, 3.8) is 0 Å². The molecule has 0 atom stereocenters. The topological polar surface area (TPSA) is 13.1 Å². The molecular formula is C24H24O. The van der Waals surface area contributed by atoms with Gasteiger partial charge in [-0.15, -0.1) is 0 Å². The Morgan fingerprint density at radius 1 is 0.680 bits per heavy atom. The number of fused-ring (bicyclic) bond motifs is 3. The van der Waals surface area contributed by atoms with Crippen molar-refractivity contribution in [2.45, 2.75) is 33.6 Å². The molecule has 0 spiro atoms. The van der Waals surface area contributed by atoms with Gasteiger partial charge in [0.1, 0.15) is 11.2 Å². The zero-order chi connectivity index (χ0) is 17.4. The summed E-state index contributed by atoms with van der Waals surface area (Å²) in [6.45, 7) is 6.81. The number of hydrogen-bond donors (Lipinski definition) is 0. The monoisotopic (exact) mass is 328 g/mol. The molecule has 0 unspecified atom stereocenters. The van der Waals surface area contributed by atoms with Gasteiger partial charge >= 0.3 is 0 Å². The first kappa shape index (κ1) is 16.0. The maximum Gasteiger partial charge on any atom is 0.135 e. The molecule has 0 bridgehead atoms. The smallest absolute Gasteiger partial charge is 0.135 e. The highest BCUT2D eigenvalue weighted by atomic mass is 16.3. The minimum atomic E-state index is 0.280. The van der Waals surface area contributed by atoms with Crippen LogP contribution in [0.3, 0.4) is 0 Å². The molecule has 1 heterocycles. The van der Waals surface area contributed by atoms with Crippen molar-refractivity contribution in [1.29, 1.82) is 0 Å². The van der Waals surface area contributed by atoms with E-state index in [1.807, 2.05) is 0 Å². The van der Waals surface area contributed by atoms with Gasteiger partial charge in [-0.05, 0) is 47.1 Å². The van der Waals surface area contributed by atoms with Gasteiger partial charge in [-0.2, -0.15) is 0 Å². The number of rotatable bonds is 3. The van der Waals surface area contributed by atoms with E-state index in [9.17, 15) is 0 Å². The normalized spacial score (nSPS) is 12.1. The average molecular weight is 328 g/mol. The molecule has 0 aliphatic heterocycles. The fourth-order valence-electron chi connectivity index (χ4n) is 3.53. The lowest BCUT2D eigenvalue weighted by atomic mass is 9.88. The van der Waals surface area contributed by atoms with Gasteiger partial charge in [0.05, 0.1) is 0 Å². The van der Waals surface area contributed by atoms with Crippen molar-refractivity contribution in [3.05, 3.63) is 83.4 Å². The van der Waals surface area contributed by atoms with E-state index in [0.717, 1.165) is 24.0 Å². The summed E-state index contributed by atoms with van der Waals surface area (Å²) in [6, 6.07) is 23.8. The molecule has 1 heteroatoms. The third-order valence-electron chi connectivity index (χ3n) is 4.59. The van der Waals surface area contributed by atoms with Crippen LogP contribution in [-0.4, -0.2) is 0 Å². The lowest BCUT2D eigenvalue weighted by Crippen LogP contribution is -2.08. The third kappa shape index (κ3) is 3.46. The summed E-state index contributed by atoms with van der Waals surface area (Å²) in [4.78, 5) is 0. The van der Waals surface area contributed by atoms with E-state index in [4.69, 9.17) is 4.42 Å². The van der Waals surface area contributed by atoms with Crippen LogP contribution in [0.5, 0.6) is 0 Å². The SMILES string of the molecule is CC(C)(C)Cc1ccc2c(c1)oc1cc(Cc3ccccc3)ccc12. The van der Waals surface area contributed by atoms with Crippen molar-refractivity contribution in [2.24, 2.45) is 5.41 Å². The van der Waals surface area contributed by atoms with Gasteiger partial charge in [-0.25, -0.2) is 0 Å². The summed E-state index contributed by atoms with van der Waals surface area (Å²) in [5, 5.41) is 2.41. The Hall–Kier alpha value is -2.54. The zero-order valence-corrected chi connectivity index (χ0v) is 15.2. The lowest BCUT2D eigenvalue weighted by Gasteiger charge is -2.17. The van der Waals surface area contributed by atoms with E-state index in [1.54, 1.807) is 0 Å². The second kappa shape index (κ2) is 6.07. The first-order valence-electron chi connectivity index (χ1n) is 8.96. The summed E-state index contributed by atoms with van der Waals surface area (Å²) in [7, 11) is 0. The van der Waals surface area contributed by atoms with Crippen LogP contribution >= 0.6 is 0 Å². The molecule has 0 saturated carbocycles. The molecule has 1 aromatic heterocycles. The highest BCUT2D eigenvalue weighted by Gasteiger charge is 2.13. The van der Waals surface area contributed by atoms with E-state index in [2.05, 4.69) is 87.5 Å². The van der Waals surface area contributed by atoms with Gasteiger partial charge in [-0.1, -0.05) is 75.4 Å². The summed E-state index contributed by atoms with van der Waals surface area (Å²) in [5.41, 5.74) is 6.20. The maximum atomic E-state index is 6.19. The number of furan rings is 1. The molecule has 0 amide bonds. The molecule has 1 nitrogen and oxygen atoms in total. The van der Waals surface area contributed by atoms with Crippen molar-refractivity contribution in [2.75, 3.05) is 0 Å². The van der Waals surface area contributed by atoms with Crippen molar-refractivity contribution in [1.82, 2.24) is 0 Å². The first-order chi connectivity index (χ1) is 12.0. The van der Waals surface area contributed by atoms with Crippen LogP contribution in [0.4, 0.5) is 0 Å². The number of benzene rings is 3. The Morgan fingerprint density at radius 3 is 1.92 bits per heavy atom. The zero-order valence-electron chi connectivity index (χ0n) is 15.2. The largest absolute Gasteiger partial charge is 0.456 e. The Bertz CT molecular complexity index is 1020. The van der Waals surface area contributed by atoms with Gasteiger partial charge in [-0.3, -0.25) is 0 Å². The summed E-state index contributed by atoms with van der Waals surface area (Å²) in [5.74, 6) is 0. The molecule has 0 radical (unpaired) electrons. The van der Waals surface area contributed by atoms with Crippen LogP contribution in [0, 0.1) is 5.41 Å². The Morgan fingerprint density at radius 2 is 1.28 bits per heavy atom. The molecule has 0 aliphatic rings. The number of hydrogen-bond acceptors (Lipinski definition) is 1. The molecule has 126 valence electrons. The molecule has 0 fully saturated rings. The van der Waals surface area contributed by atoms with Crippen LogP contribution in [-0.2, 0) is 12.8 Å². The summed E-state index contributed by atoms with van der Waals surface area (Å²) >= 11 is 0. The Labute approximate surface area is 149 Å². The van der Waals surface area contributed by atoms with Gasteiger partial charge in [0.2, 0.25) is 0 Å². The summed E-state index contributed by atoms with van der Waals surface area (Å²) in [6.07, 6.45) is 1.99. The van der Waals surface area contributed by atoms with E-state index >= 15 is 0 Å². The van der Waals surface area contributed by atoms with Gasteiger partial charge in [0.15, 0.2) is 0 Å². The fraction of sp³-hybridized carbons (Fsp3) is 0.250. The highest BCUT2D eigenvalue weighted by Crippen LogP contribution is 2.32. The predicted molar refractivity (Wildman–Crippen MR) is 106 cm³/mol. The molecule has 0 saturated heterocycles. The van der Waals surface area contributed by atoms with Crippen molar-refractivity contribution < 1.29 is 4.42 Å². The first-order valence-corrected chi connectivity index (χ1v) is 8.96. The lowest BCUT2D eigenvalue weighted by molar-refractivity contribution is 0.411. The molecule has 0 aliphatic carbocycles. The second-order valence-electron chi connectivity index (χ2n) is 8.16. The highest BCUT2D eigenvalue weighted by molar-refractivity contribution is 6.05. The Balaban J connectivity index is 1.71. The Kier molecular flexibility index (Phi) is 3.88. The van der Waals surface area contributed by atoms with Crippen molar-refractivity contribution in [3.8, 4) is 0 Å².